The van der Waals surface area contributed by atoms with Gasteiger partial charge in [-0.15, -0.1) is 0 Å². The average molecular weight is 381 g/mol. The van der Waals surface area contributed by atoms with Crippen molar-refractivity contribution < 1.29 is 14.5 Å². The highest BCUT2D eigenvalue weighted by atomic mass is 16.6. The van der Waals surface area contributed by atoms with Crippen molar-refractivity contribution in [2.24, 2.45) is 0 Å². The maximum atomic E-state index is 12.5. The summed E-state index contributed by atoms with van der Waals surface area (Å²) < 4.78 is 6.05. The van der Waals surface area contributed by atoms with Crippen LogP contribution in [0.4, 0.5) is 11.4 Å². The number of para-hydroxylation sites is 3. The highest BCUT2D eigenvalue weighted by Gasteiger charge is 2.26. The molecule has 0 spiro atoms. The minimum atomic E-state index is -0.458. The molecule has 28 heavy (non-hydrogen) atoms. The van der Waals surface area contributed by atoms with Crippen molar-refractivity contribution in [2.75, 3.05) is 31.6 Å². The number of likely N-dealkylation sites (N-methyl/N-ethyl adjacent to an activating group) is 2. The molecule has 3 rings (SSSR count). The molecule has 0 aromatic heterocycles. The van der Waals surface area contributed by atoms with Crippen molar-refractivity contribution in [1.82, 2.24) is 4.90 Å². The van der Waals surface area contributed by atoms with Crippen molar-refractivity contribution in [3.63, 3.8) is 0 Å². The minimum Gasteiger partial charge on any atom is -0.485 e. The van der Waals surface area contributed by atoms with E-state index in [1.165, 1.54) is 18.2 Å². The molecule has 0 unspecified atom stereocenters. The van der Waals surface area contributed by atoms with Gasteiger partial charge in [-0.05, 0) is 31.2 Å². The summed E-state index contributed by atoms with van der Waals surface area (Å²) in [5.74, 6) is 0.584. The van der Waals surface area contributed by atoms with E-state index in [0.717, 1.165) is 18.0 Å². The summed E-state index contributed by atoms with van der Waals surface area (Å²) >= 11 is 0. The second-order valence-electron chi connectivity index (χ2n) is 6.61. The lowest BCUT2D eigenvalue weighted by Gasteiger charge is -2.37. The molecule has 1 aliphatic rings. The Kier molecular flexibility index (Phi) is 5.93. The fourth-order valence-corrected chi connectivity index (χ4v) is 3.25. The second kappa shape index (κ2) is 8.56. The third kappa shape index (κ3) is 4.31. The molecule has 0 radical (unpaired) electrons. The molecule has 0 aliphatic carbocycles. The molecule has 2 aromatic rings. The number of carbonyl (C=O) groups excluding carboxylic acids is 1. The van der Waals surface area contributed by atoms with Crippen LogP contribution in [0.3, 0.4) is 0 Å². The number of carbonyl (C=O) groups is 1. The summed E-state index contributed by atoms with van der Waals surface area (Å²) in [7, 11) is 1.70. The Morgan fingerprint density at radius 2 is 2.00 bits per heavy atom. The zero-order valence-corrected chi connectivity index (χ0v) is 15.9. The van der Waals surface area contributed by atoms with Crippen LogP contribution in [0.5, 0.6) is 5.75 Å². The molecular weight excluding hydrogens is 358 g/mol. The Balaban J connectivity index is 1.66. The van der Waals surface area contributed by atoms with Crippen LogP contribution in [0.1, 0.15) is 12.5 Å². The monoisotopic (exact) mass is 381 g/mol. The number of ether oxygens (including phenoxy) is 1. The van der Waals surface area contributed by atoms with Gasteiger partial charge in [0.15, 0.2) is 0 Å². The molecule has 0 saturated heterocycles. The first kappa shape index (κ1) is 19.4. The van der Waals surface area contributed by atoms with E-state index in [9.17, 15) is 14.9 Å². The van der Waals surface area contributed by atoms with Crippen LogP contribution in [0.2, 0.25) is 0 Å². The van der Waals surface area contributed by atoms with Gasteiger partial charge in [0.1, 0.15) is 11.9 Å². The van der Waals surface area contributed by atoms with E-state index in [1.54, 1.807) is 30.1 Å². The molecule has 0 fully saturated rings. The average Bonchev–Trinajstić information content (AvgIpc) is 2.71. The van der Waals surface area contributed by atoms with Crippen LogP contribution in [0, 0.1) is 10.1 Å². The first-order valence-corrected chi connectivity index (χ1v) is 9.16. The van der Waals surface area contributed by atoms with E-state index < -0.39 is 4.92 Å². The fraction of sp³-hybridized carbons (Fsp3) is 0.286. The van der Waals surface area contributed by atoms with Crippen LogP contribution in [-0.4, -0.2) is 48.5 Å². The Hall–Kier alpha value is -3.35. The number of fused-ring (bicyclic) bond motifs is 1. The highest BCUT2D eigenvalue weighted by Crippen LogP contribution is 2.32. The zero-order chi connectivity index (χ0) is 20.1. The number of rotatable bonds is 6. The summed E-state index contributed by atoms with van der Waals surface area (Å²) in [6, 6.07) is 14.2. The van der Waals surface area contributed by atoms with Gasteiger partial charge in [0.25, 0.3) is 5.69 Å². The van der Waals surface area contributed by atoms with Gasteiger partial charge >= 0.3 is 0 Å². The number of nitro groups is 1. The highest BCUT2D eigenvalue weighted by molar-refractivity contribution is 5.92. The first-order chi connectivity index (χ1) is 13.5. The van der Waals surface area contributed by atoms with E-state index in [4.69, 9.17) is 4.74 Å². The quantitative estimate of drug-likeness (QED) is 0.436. The van der Waals surface area contributed by atoms with E-state index >= 15 is 0 Å². The molecule has 0 bridgehead atoms. The Morgan fingerprint density at radius 1 is 1.29 bits per heavy atom. The van der Waals surface area contributed by atoms with Gasteiger partial charge in [0.05, 0.1) is 29.3 Å². The van der Waals surface area contributed by atoms with Crippen LogP contribution in [-0.2, 0) is 4.79 Å². The second-order valence-corrected chi connectivity index (χ2v) is 6.61. The van der Waals surface area contributed by atoms with Gasteiger partial charge in [0, 0.05) is 25.7 Å². The molecule has 2 aromatic carbocycles. The molecule has 1 amide bonds. The number of benzene rings is 2. The van der Waals surface area contributed by atoms with Crippen molar-refractivity contribution in [2.45, 2.75) is 13.0 Å². The summed E-state index contributed by atoms with van der Waals surface area (Å²) in [5, 5.41) is 11.1. The zero-order valence-electron chi connectivity index (χ0n) is 15.9. The Morgan fingerprint density at radius 3 is 2.75 bits per heavy atom. The van der Waals surface area contributed by atoms with Gasteiger partial charge in [-0.25, -0.2) is 0 Å². The number of nitrogens with zero attached hydrogens (tertiary/aromatic N) is 3. The number of nitro benzene ring substituents is 1. The summed E-state index contributed by atoms with van der Waals surface area (Å²) in [4.78, 5) is 26.9. The Labute approximate surface area is 164 Å². The Bertz CT molecular complexity index is 897. The van der Waals surface area contributed by atoms with Crippen LogP contribution < -0.4 is 9.64 Å². The molecule has 146 valence electrons. The standard InChI is InChI=1S/C21H23N3O4/c1-3-23-15-17(28-20-11-7-6-10-19(20)23)14-22(2)21(25)13-12-16-8-4-5-9-18(16)24(26)27/h4-13,17H,3,14-15H2,1-2H3/b13-12+/t17-/m0/s1. The number of hydrogen-bond donors (Lipinski definition) is 0. The lowest BCUT2D eigenvalue weighted by Crippen LogP contribution is -2.46. The predicted molar refractivity (Wildman–Crippen MR) is 109 cm³/mol. The first-order valence-electron chi connectivity index (χ1n) is 9.16. The molecule has 1 atom stereocenters. The van der Waals surface area contributed by atoms with Gasteiger partial charge in [-0.1, -0.05) is 24.3 Å². The maximum Gasteiger partial charge on any atom is 0.276 e. The molecule has 0 N–H and O–H groups in total. The van der Waals surface area contributed by atoms with Crippen molar-refractivity contribution in [3.8, 4) is 5.75 Å². The number of hydrogen-bond acceptors (Lipinski definition) is 5. The van der Waals surface area contributed by atoms with Gasteiger partial charge < -0.3 is 14.5 Å². The van der Waals surface area contributed by atoms with Gasteiger partial charge in [-0.3, -0.25) is 14.9 Å². The van der Waals surface area contributed by atoms with E-state index in [2.05, 4.69) is 11.8 Å². The normalized spacial score (nSPS) is 15.8. The van der Waals surface area contributed by atoms with Crippen molar-refractivity contribution >= 4 is 23.4 Å². The van der Waals surface area contributed by atoms with Crippen LogP contribution >= 0.6 is 0 Å². The molecule has 7 nitrogen and oxygen atoms in total. The van der Waals surface area contributed by atoms with Crippen molar-refractivity contribution in [1.29, 1.82) is 0 Å². The van der Waals surface area contributed by atoms with Gasteiger partial charge in [0.2, 0.25) is 5.91 Å². The minimum absolute atomic E-state index is 0.0278. The molecule has 0 saturated carbocycles. The van der Waals surface area contributed by atoms with E-state index in [0.29, 0.717) is 18.7 Å². The van der Waals surface area contributed by atoms with Crippen molar-refractivity contribution in [3.05, 3.63) is 70.3 Å². The smallest absolute Gasteiger partial charge is 0.276 e. The fourth-order valence-electron chi connectivity index (χ4n) is 3.25. The predicted octanol–water partition coefficient (Wildman–Crippen LogP) is 3.35. The summed E-state index contributed by atoms with van der Waals surface area (Å²) in [5.41, 5.74) is 1.43. The molecular formula is C21H23N3O4. The lowest BCUT2D eigenvalue weighted by molar-refractivity contribution is -0.385. The number of anilines is 1. The summed E-state index contributed by atoms with van der Waals surface area (Å²) in [6.45, 7) is 4.06. The number of amides is 1. The topological polar surface area (TPSA) is 75.9 Å². The van der Waals surface area contributed by atoms with Crippen LogP contribution in [0.15, 0.2) is 54.6 Å². The molecule has 7 heteroatoms. The lowest BCUT2D eigenvalue weighted by atomic mass is 10.1. The van der Waals surface area contributed by atoms with E-state index in [-0.39, 0.29) is 17.7 Å². The van der Waals surface area contributed by atoms with Gasteiger partial charge in [-0.2, -0.15) is 0 Å². The third-order valence-electron chi connectivity index (χ3n) is 4.70. The maximum absolute atomic E-state index is 12.5. The SMILES string of the molecule is CCN1C[C@H](CN(C)C(=O)/C=C/c2ccccc2[N+](=O)[O-])Oc2ccccc21. The molecule has 1 aliphatic heterocycles. The third-order valence-corrected chi connectivity index (χ3v) is 4.70. The van der Waals surface area contributed by atoms with Crippen LogP contribution in [0.25, 0.3) is 6.08 Å². The largest absolute Gasteiger partial charge is 0.485 e. The molecule has 1 heterocycles. The summed E-state index contributed by atoms with van der Waals surface area (Å²) in [6.07, 6.45) is 2.69. The van der Waals surface area contributed by atoms with E-state index in [1.807, 2.05) is 24.3 Å².